The quantitative estimate of drug-likeness (QED) is 0.195. The third kappa shape index (κ3) is 4.77. The van der Waals surface area contributed by atoms with Gasteiger partial charge in [0, 0.05) is 22.7 Å². The summed E-state index contributed by atoms with van der Waals surface area (Å²) in [7, 11) is 1.47. The molecule has 0 aliphatic rings. The Morgan fingerprint density at radius 2 is 1.66 bits per heavy atom. The summed E-state index contributed by atoms with van der Waals surface area (Å²) in [5.74, 6) is 0.828. The monoisotopic (exact) mass is 539 g/mol. The van der Waals surface area contributed by atoms with Crippen molar-refractivity contribution in [1.29, 1.82) is 0 Å². The number of benzene rings is 3. The van der Waals surface area contributed by atoms with E-state index in [2.05, 4.69) is 31.9 Å². The average molecular weight is 542 g/mol. The van der Waals surface area contributed by atoms with Gasteiger partial charge in [-0.05, 0) is 74.3 Å². The number of methoxy groups -OCH3 is 1. The van der Waals surface area contributed by atoms with E-state index >= 15 is 0 Å². The summed E-state index contributed by atoms with van der Waals surface area (Å²) < 4.78 is 12.0. The van der Waals surface area contributed by atoms with Crippen molar-refractivity contribution in [3.8, 4) is 17.2 Å². The molecule has 0 atom stereocenters. The van der Waals surface area contributed by atoms with Gasteiger partial charge in [0.15, 0.2) is 11.5 Å². The number of ketones is 1. The summed E-state index contributed by atoms with van der Waals surface area (Å²) >= 11 is 12.4. The number of carbonyl (C=O) groups is 1. The molecule has 9 heteroatoms. The molecule has 3 aromatic rings. The zero-order chi connectivity index (χ0) is 21.1. The van der Waals surface area contributed by atoms with E-state index in [4.69, 9.17) is 21.1 Å². The number of ether oxygens (including phenoxy) is 2. The molecule has 0 spiro atoms. The number of hydrogen-bond donors (Lipinski definition) is 0. The Hall–Kier alpha value is -2.42. The Morgan fingerprint density at radius 1 is 1.03 bits per heavy atom. The van der Waals surface area contributed by atoms with Crippen LogP contribution in [-0.4, -0.2) is 17.8 Å². The van der Waals surface area contributed by atoms with E-state index in [-0.39, 0.29) is 11.5 Å². The highest BCUT2D eigenvalue weighted by molar-refractivity contribution is 9.11. The summed E-state index contributed by atoms with van der Waals surface area (Å²) in [5, 5.41) is 11.5. The topological polar surface area (TPSA) is 78.7 Å². The van der Waals surface area contributed by atoms with E-state index in [0.29, 0.717) is 42.3 Å². The standard InChI is InChI=1S/C20H12Br2ClNO5/c1-28-18-7-6-14(10-15(18)19(25)11-2-4-12(23)5-3-11)29-20-16(21)8-13(24(26)27)9-17(20)22/h2-10H,1H3. The first-order chi connectivity index (χ1) is 13.8. The van der Waals surface area contributed by atoms with Crippen LogP contribution in [0.2, 0.25) is 5.02 Å². The molecule has 0 bridgehead atoms. The van der Waals surface area contributed by atoms with Gasteiger partial charge in [-0.25, -0.2) is 0 Å². The number of carbonyl (C=O) groups excluding carboxylic acids is 1. The second-order valence-electron chi connectivity index (χ2n) is 5.80. The van der Waals surface area contributed by atoms with Crippen molar-refractivity contribution < 1.29 is 19.2 Å². The molecule has 0 amide bonds. The fourth-order valence-corrected chi connectivity index (χ4v) is 4.00. The summed E-state index contributed by atoms with van der Waals surface area (Å²) in [6, 6.07) is 14.0. The molecule has 0 saturated carbocycles. The van der Waals surface area contributed by atoms with Gasteiger partial charge in [-0.2, -0.15) is 0 Å². The van der Waals surface area contributed by atoms with Crippen LogP contribution in [0.3, 0.4) is 0 Å². The van der Waals surface area contributed by atoms with Crippen LogP contribution in [0.15, 0.2) is 63.5 Å². The van der Waals surface area contributed by atoms with Crippen molar-refractivity contribution in [2.45, 2.75) is 0 Å². The molecular formula is C20H12Br2ClNO5. The van der Waals surface area contributed by atoms with Gasteiger partial charge in [-0.3, -0.25) is 14.9 Å². The number of nitro benzene ring substituents is 1. The first-order valence-electron chi connectivity index (χ1n) is 8.09. The number of nitro groups is 1. The number of halogens is 3. The maximum atomic E-state index is 12.9. The molecule has 29 heavy (non-hydrogen) atoms. The molecule has 148 valence electrons. The second kappa shape index (κ2) is 8.94. The lowest BCUT2D eigenvalue weighted by Gasteiger charge is -2.13. The van der Waals surface area contributed by atoms with E-state index in [1.807, 2.05) is 0 Å². The van der Waals surface area contributed by atoms with Crippen molar-refractivity contribution in [3.05, 3.63) is 89.8 Å². The smallest absolute Gasteiger partial charge is 0.271 e. The van der Waals surface area contributed by atoms with Crippen LogP contribution in [0.4, 0.5) is 5.69 Å². The lowest BCUT2D eigenvalue weighted by molar-refractivity contribution is -0.385. The average Bonchev–Trinajstić information content (AvgIpc) is 2.70. The molecule has 0 aromatic heterocycles. The number of hydrogen-bond acceptors (Lipinski definition) is 5. The molecule has 0 heterocycles. The highest BCUT2D eigenvalue weighted by Crippen LogP contribution is 2.40. The predicted octanol–water partition coefficient (Wildman–Crippen LogP) is 6.81. The minimum absolute atomic E-state index is 0.0931. The van der Waals surface area contributed by atoms with Crippen LogP contribution in [0.5, 0.6) is 17.2 Å². The van der Waals surface area contributed by atoms with Crippen LogP contribution in [0, 0.1) is 10.1 Å². The van der Waals surface area contributed by atoms with Crippen molar-refractivity contribution in [2.24, 2.45) is 0 Å². The number of non-ortho nitro benzene ring substituents is 1. The molecular weight excluding hydrogens is 529 g/mol. The first kappa shape index (κ1) is 21.3. The molecule has 0 aliphatic heterocycles. The van der Waals surface area contributed by atoms with Gasteiger partial charge in [0.1, 0.15) is 11.5 Å². The van der Waals surface area contributed by atoms with E-state index < -0.39 is 4.92 Å². The van der Waals surface area contributed by atoms with E-state index in [1.165, 1.54) is 19.2 Å². The van der Waals surface area contributed by atoms with Gasteiger partial charge >= 0.3 is 0 Å². The molecule has 0 unspecified atom stereocenters. The third-order valence-corrected chi connectivity index (χ3v) is 5.37. The van der Waals surface area contributed by atoms with Gasteiger partial charge < -0.3 is 9.47 Å². The van der Waals surface area contributed by atoms with E-state index in [9.17, 15) is 14.9 Å². The lowest BCUT2D eigenvalue weighted by Crippen LogP contribution is -2.04. The third-order valence-electron chi connectivity index (χ3n) is 3.94. The molecule has 0 fully saturated rings. The normalized spacial score (nSPS) is 10.5. The van der Waals surface area contributed by atoms with Crippen LogP contribution in [0.25, 0.3) is 0 Å². The number of rotatable bonds is 6. The van der Waals surface area contributed by atoms with Crippen molar-refractivity contribution >= 4 is 54.9 Å². The molecule has 6 nitrogen and oxygen atoms in total. The Balaban J connectivity index is 1.98. The highest BCUT2D eigenvalue weighted by Gasteiger charge is 2.19. The molecule has 0 saturated heterocycles. The molecule has 0 radical (unpaired) electrons. The molecule has 3 aromatic carbocycles. The summed E-state index contributed by atoms with van der Waals surface area (Å²) in [6.45, 7) is 0. The van der Waals surface area contributed by atoms with Gasteiger partial charge in [-0.15, -0.1) is 0 Å². The maximum absolute atomic E-state index is 12.9. The van der Waals surface area contributed by atoms with Gasteiger partial charge in [0.05, 0.1) is 26.5 Å². The van der Waals surface area contributed by atoms with E-state index in [1.54, 1.807) is 42.5 Å². The summed E-state index contributed by atoms with van der Waals surface area (Å²) in [6.07, 6.45) is 0. The summed E-state index contributed by atoms with van der Waals surface area (Å²) in [4.78, 5) is 23.4. The second-order valence-corrected chi connectivity index (χ2v) is 7.94. The Morgan fingerprint density at radius 3 is 2.21 bits per heavy atom. The Kier molecular flexibility index (Phi) is 6.56. The van der Waals surface area contributed by atoms with Gasteiger partial charge in [0.25, 0.3) is 5.69 Å². The lowest BCUT2D eigenvalue weighted by atomic mass is 10.0. The van der Waals surface area contributed by atoms with Crippen molar-refractivity contribution in [2.75, 3.05) is 7.11 Å². The highest BCUT2D eigenvalue weighted by atomic mass is 79.9. The Labute approximate surface area is 187 Å². The first-order valence-corrected chi connectivity index (χ1v) is 10.1. The fourth-order valence-electron chi connectivity index (χ4n) is 2.55. The summed E-state index contributed by atoms with van der Waals surface area (Å²) in [5.41, 5.74) is 0.661. The van der Waals surface area contributed by atoms with Crippen LogP contribution < -0.4 is 9.47 Å². The van der Waals surface area contributed by atoms with E-state index in [0.717, 1.165) is 0 Å². The SMILES string of the molecule is COc1ccc(Oc2c(Br)cc([N+](=O)[O-])cc2Br)cc1C(=O)c1ccc(Cl)cc1. The molecule has 0 aliphatic carbocycles. The Bertz CT molecular complexity index is 1080. The van der Waals surface area contributed by atoms with Crippen molar-refractivity contribution in [1.82, 2.24) is 0 Å². The van der Waals surface area contributed by atoms with Gasteiger partial charge in [-0.1, -0.05) is 11.6 Å². The number of nitrogens with zero attached hydrogens (tertiary/aromatic N) is 1. The largest absolute Gasteiger partial charge is 0.496 e. The minimum atomic E-state index is -0.504. The fraction of sp³-hybridized carbons (Fsp3) is 0.0500. The van der Waals surface area contributed by atoms with Crippen LogP contribution in [-0.2, 0) is 0 Å². The van der Waals surface area contributed by atoms with Crippen LogP contribution >= 0.6 is 43.5 Å². The minimum Gasteiger partial charge on any atom is -0.496 e. The maximum Gasteiger partial charge on any atom is 0.271 e. The van der Waals surface area contributed by atoms with Crippen molar-refractivity contribution in [3.63, 3.8) is 0 Å². The predicted molar refractivity (Wildman–Crippen MR) is 116 cm³/mol. The van der Waals surface area contributed by atoms with Crippen LogP contribution in [0.1, 0.15) is 15.9 Å². The zero-order valence-electron chi connectivity index (χ0n) is 14.8. The molecule has 0 N–H and O–H groups in total. The zero-order valence-corrected chi connectivity index (χ0v) is 18.7. The molecule has 3 rings (SSSR count). The van der Waals surface area contributed by atoms with Gasteiger partial charge in [0.2, 0.25) is 0 Å².